The summed E-state index contributed by atoms with van der Waals surface area (Å²) in [5, 5.41) is 1.32. The van der Waals surface area contributed by atoms with Gasteiger partial charge in [0.15, 0.2) is 0 Å². The zero-order valence-electron chi connectivity index (χ0n) is 7.46. The average Bonchev–Trinajstić information content (AvgIpc) is 2.46. The minimum Gasteiger partial charge on any atom is -0.245 e. The van der Waals surface area contributed by atoms with Gasteiger partial charge in [0, 0.05) is 16.5 Å². The highest BCUT2D eigenvalue weighted by Gasteiger charge is 2.16. The van der Waals surface area contributed by atoms with Crippen LogP contribution >= 0.6 is 23.1 Å². The van der Waals surface area contributed by atoms with E-state index in [-0.39, 0.29) is 0 Å². The van der Waals surface area contributed by atoms with E-state index >= 15 is 0 Å². The second kappa shape index (κ2) is 3.38. The highest BCUT2D eigenvalue weighted by atomic mass is 32.2. The van der Waals surface area contributed by atoms with E-state index in [9.17, 15) is 0 Å². The first-order chi connectivity index (χ1) is 5.77. The van der Waals surface area contributed by atoms with Crippen molar-refractivity contribution < 1.29 is 0 Å². The van der Waals surface area contributed by atoms with Crippen LogP contribution in [0.3, 0.4) is 0 Å². The average molecular weight is 199 g/mol. The molecule has 0 fully saturated rings. The summed E-state index contributed by atoms with van der Waals surface area (Å²) in [5.41, 5.74) is 1.36. The normalized spacial score (nSPS) is 16.6. The van der Waals surface area contributed by atoms with Crippen molar-refractivity contribution in [2.24, 2.45) is 0 Å². The van der Waals surface area contributed by atoms with Gasteiger partial charge in [-0.1, -0.05) is 13.8 Å². The molecule has 1 nitrogen and oxygen atoms in total. The molecule has 0 radical (unpaired) electrons. The van der Waals surface area contributed by atoms with Crippen LogP contribution in [-0.4, -0.2) is 10.7 Å². The van der Waals surface area contributed by atoms with E-state index < -0.39 is 0 Å². The summed E-state index contributed by atoms with van der Waals surface area (Å²) in [6.07, 6.45) is 1.24. The first kappa shape index (κ1) is 8.57. The second-order valence-electron chi connectivity index (χ2n) is 3.38. The van der Waals surface area contributed by atoms with Crippen LogP contribution in [-0.2, 0) is 12.2 Å². The Morgan fingerprint density at radius 2 is 2.25 bits per heavy atom. The molecule has 0 saturated carbocycles. The largest absolute Gasteiger partial charge is 0.245 e. The number of thioether (sulfide) groups is 1. The van der Waals surface area contributed by atoms with E-state index in [0.717, 1.165) is 5.75 Å². The molecule has 3 heteroatoms. The summed E-state index contributed by atoms with van der Waals surface area (Å²) < 4.78 is 0. The van der Waals surface area contributed by atoms with Gasteiger partial charge in [0.25, 0.3) is 0 Å². The SMILES string of the molecule is CC(C)c1nc2c(s1)CCSC2. The third kappa shape index (κ3) is 1.52. The highest BCUT2D eigenvalue weighted by molar-refractivity contribution is 7.98. The van der Waals surface area contributed by atoms with Crippen LogP contribution < -0.4 is 0 Å². The Morgan fingerprint density at radius 1 is 1.42 bits per heavy atom. The van der Waals surface area contributed by atoms with E-state index in [0.29, 0.717) is 5.92 Å². The fourth-order valence-corrected chi connectivity index (χ4v) is 3.52. The Morgan fingerprint density at radius 3 is 2.92 bits per heavy atom. The molecule has 0 saturated heterocycles. The van der Waals surface area contributed by atoms with Gasteiger partial charge in [0.1, 0.15) is 0 Å². The number of aromatic nitrogens is 1. The van der Waals surface area contributed by atoms with Gasteiger partial charge in [-0.3, -0.25) is 0 Å². The molecule has 0 spiro atoms. The van der Waals surface area contributed by atoms with Crippen LogP contribution in [0.2, 0.25) is 0 Å². The van der Waals surface area contributed by atoms with Gasteiger partial charge in [0.05, 0.1) is 10.7 Å². The lowest BCUT2D eigenvalue weighted by atomic mass is 10.2. The predicted octanol–water partition coefficient (Wildman–Crippen LogP) is 3.06. The maximum absolute atomic E-state index is 4.65. The van der Waals surface area contributed by atoms with E-state index in [1.807, 2.05) is 23.1 Å². The van der Waals surface area contributed by atoms with Gasteiger partial charge in [0.2, 0.25) is 0 Å². The van der Waals surface area contributed by atoms with E-state index in [4.69, 9.17) is 0 Å². The summed E-state index contributed by atoms with van der Waals surface area (Å²) in [5.74, 6) is 3.02. The predicted molar refractivity (Wildman–Crippen MR) is 56.1 cm³/mol. The molecule has 0 bridgehead atoms. The molecule has 1 aliphatic rings. The molecule has 0 aliphatic carbocycles. The Kier molecular flexibility index (Phi) is 2.42. The molecule has 66 valence electrons. The van der Waals surface area contributed by atoms with E-state index in [1.165, 1.54) is 27.8 Å². The van der Waals surface area contributed by atoms with Gasteiger partial charge < -0.3 is 0 Å². The Labute approximate surface area is 81.6 Å². The fourth-order valence-electron chi connectivity index (χ4n) is 1.29. The lowest BCUT2D eigenvalue weighted by molar-refractivity contribution is 0.844. The van der Waals surface area contributed by atoms with Gasteiger partial charge in [-0.2, -0.15) is 11.8 Å². The third-order valence-corrected chi connectivity index (χ3v) is 4.43. The number of thiazole rings is 1. The molecule has 0 aromatic carbocycles. The summed E-state index contributed by atoms with van der Waals surface area (Å²) in [6.45, 7) is 4.44. The van der Waals surface area contributed by atoms with E-state index in [1.54, 1.807) is 0 Å². The molecule has 0 N–H and O–H groups in total. The van der Waals surface area contributed by atoms with Crippen molar-refractivity contribution in [2.75, 3.05) is 5.75 Å². The van der Waals surface area contributed by atoms with Crippen LogP contribution in [0.15, 0.2) is 0 Å². The second-order valence-corrected chi connectivity index (χ2v) is 5.60. The summed E-state index contributed by atoms with van der Waals surface area (Å²) in [4.78, 5) is 6.19. The Hall–Kier alpha value is -0.0200. The van der Waals surface area contributed by atoms with Crippen molar-refractivity contribution in [3.8, 4) is 0 Å². The van der Waals surface area contributed by atoms with Gasteiger partial charge in [-0.05, 0) is 12.2 Å². The lowest BCUT2D eigenvalue weighted by Gasteiger charge is -2.06. The zero-order valence-corrected chi connectivity index (χ0v) is 9.10. The molecule has 12 heavy (non-hydrogen) atoms. The number of rotatable bonds is 1. The first-order valence-electron chi connectivity index (χ1n) is 4.33. The number of fused-ring (bicyclic) bond motifs is 1. The van der Waals surface area contributed by atoms with Crippen LogP contribution in [0, 0.1) is 0 Å². The van der Waals surface area contributed by atoms with Crippen molar-refractivity contribution in [3.63, 3.8) is 0 Å². The molecule has 0 unspecified atom stereocenters. The molecule has 2 heterocycles. The Bertz CT molecular complexity index is 255. The van der Waals surface area contributed by atoms with Gasteiger partial charge in [-0.25, -0.2) is 4.98 Å². The fraction of sp³-hybridized carbons (Fsp3) is 0.667. The first-order valence-corrected chi connectivity index (χ1v) is 6.30. The number of hydrogen-bond donors (Lipinski definition) is 0. The third-order valence-electron chi connectivity index (χ3n) is 2.00. The number of hydrogen-bond acceptors (Lipinski definition) is 3. The molecule has 2 rings (SSSR count). The molecule has 1 aromatic heterocycles. The monoisotopic (exact) mass is 199 g/mol. The number of nitrogens with zero attached hydrogens (tertiary/aromatic N) is 1. The van der Waals surface area contributed by atoms with Crippen molar-refractivity contribution in [1.29, 1.82) is 0 Å². The summed E-state index contributed by atoms with van der Waals surface area (Å²) in [7, 11) is 0. The molecule has 0 amide bonds. The van der Waals surface area contributed by atoms with Crippen LogP contribution in [0.4, 0.5) is 0 Å². The quantitative estimate of drug-likeness (QED) is 0.689. The van der Waals surface area contributed by atoms with Crippen LogP contribution in [0.1, 0.15) is 35.3 Å². The lowest BCUT2D eigenvalue weighted by Crippen LogP contribution is -1.98. The number of aryl methyl sites for hydroxylation is 1. The highest BCUT2D eigenvalue weighted by Crippen LogP contribution is 2.31. The minimum absolute atomic E-state index is 0.602. The van der Waals surface area contributed by atoms with Crippen molar-refractivity contribution in [2.45, 2.75) is 31.9 Å². The van der Waals surface area contributed by atoms with Gasteiger partial charge >= 0.3 is 0 Å². The smallest absolute Gasteiger partial charge is 0.0956 e. The Balaban J connectivity index is 2.32. The van der Waals surface area contributed by atoms with Crippen molar-refractivity contribution >= 4 is 23.1 Å². The van der Waals surface area contributed by atoms with Crippen molar-refractivity contribution in [3.05, 3.63) is 15.6 Å². The minimum atomic E-state index is 0.602. The standard InChI is InChI=1S/C9H13NS2/c1-6(2)9-10-7-5-11-4-3-8(7)12-9/h6H,3-5H2,1-2H3. The molecule has 1 aromatic rings. The van der Waals surface area contributed by atoms with E-state index in [2.05, 4.69) is 18.8 Å². The maximum Gasteiger partial charge on any atom is 0.0956 e. The summed E-state index contributed by atoms with van der Waals surface area (Å²) in [6, 6.07) is 0. The molecular formula is C9H13NS2. The maximum atomic E-state index is 4.65. The van der Waals surface area contributed by atoms with Crippen LogP contribution in [0.25, 0.3) is 0 Å². The molecule has 1 aliphatic heterocycles. The van der Waals surface area contributed by atoms with Gasteiger partial charge in [-0.15, -0.1) is 11.3 Å². The summed E-state index contributed by atoms with van der Waals surface area (Å²) >= 11 is 3.93. The van der Waals surface area contributed by atoms with Crippen LogP contribution in [0.5, 0.6) is 0 Å². The topological polar surface area (TPSA) is 12.9 Å². The molecular weight excluding hydrogens is 186 g/mol. The molecule has 0 atom stereocenters. The van der Waals surface area contributed by atoms with Crippen molar-refractivity contribution in [1.82, 2.24) is 4.98 Å². The zero-order chi connectivity index (χ0) is 8.55.